The van der Waals surface area contributed by atoms with Crippen LogP contribution < -0.4 is 10.6 Å². The van der Waals surface area contributed by atoms with Crippen LogP contribution in [0.2, 0.25) is 0 Å². The van der Waals surface area contributed by atoms with Gasteiger partial charge in [-0.25, -0.2) is 23.4 Å². The molecule has 1 unspecified atom stereocenters. The molecule has 2 aromatic heterocycles. The van der Waals surface area contributed by atoms with Crippen molar-refractivity contribution < 1.29 is 13.5 Å². The number of nitrogens with zero attached hydrogens (tertiary/aromatic N) is 5. The lowest BCUT2D eigenvalue weighted by molar-refractivity contribution is 0.0924. The van der Waals surface area contributed by atoms with Crippen molar-refractivity contribution in [2.24, 2.45) is 0 Å². The molecule has 0 fully saturated rings. The van der Waals surface area contributed by atoms with Gasteiger partial charge in [0.2, 0.25) is 5.95 Å². The maximum Gasteiger partial charge on any atom is 0.229 e. The first kappa shape index (κ1) is 20.0. The van der Waals surface area contributed by atoms with Crippen LogP contribution in [0, 0.1) is 18.6 Å². The number of benzene rings is 2. The molecule has 162 valence electrons. The van der Waals surface area contributed by atoms with Gasteiger partial charge in [0.1, 0.15) is 35.6 Å². The minimum absolute atomic E-state index is 0.287. The highest BCUT2D eigenvalue weighted by Crippen LogP contribution is 2.38. The Labute approximate surface area is 182 Å². The number of fused-ring (bicyclic) bond motifs is 1. The largest absolute Gasteiger partial charge is 0.373 e. The molecule has 0 radical (unpaired) electrons. The third-order valence-corrected chi connectivity index (χ3v) is 5.24. The Balaban J connectivity index is 1.47. The van der Waals surface area contributed by atoms with Crippen molar-refractivity contribution in [2.45, 2.75) is 19.6 Å². The van der Waals surface area contributed by atoms with Crippen LogP contribution >= 0.6 is 0 Å². The van der Waals surface area contributed by atoms with Crippen LogP contribution in [0.4, 0.5) is 26.2 Å². The lowest BCUT2D eigenvalue weighted by atomic mass is 10.0. The molecular weight excluding hydrogens is 416 g/mol. The van der Waals surface area contributed by atoms with Crippen LogP contribution in [0.25, 0.3) is 5.69 Å². The van der Waals surface area contributed by atoms with E-state index in [1.54, 1.807) is 38.2 Å². The van der Waals surface area contributed by atoms with Crippen LogP contribution in [0.1, 0.15) is 28.7 Å². The molecule has 0 saturated heterocycles. The Morgan fingerprint density at radius 3 is 2.59 bits per heavy atom. The number of anilines is 3. The van der Waals surface area contributed by atoms with Gasteiger partial charge in [-0.3, -0.25) is 0 Å². The van der Waals surface area contributed by atoms with Gasteiger partial charge in [-0.1, -0.05) is 12.1 Å². The predicted molar refractivity (Wildman–Crippen MR) is 114 cm³/mol. The fourth-order valence-electron chi connectivity index (χ4n) is 3.68. The summed E-state index contributed by atoms with van der Waals surface area (Å²) in [5.74, 6) is 0.690. The molecule has 32 heavy (non-hydrogen) atoms. The summed E-state index contributed by atoms with van der Waals surface area (Å²) in [5.41, 5.74) is 3.06. The summed E-state index contributed by atoms with van der Waals surface area (Å²) in [6, 6.07) is 10.8. The molecule has 0 amide bonds. The molecule has 2 N–H and O–H groups in total. The molecule has 2 aromatic carbocycles. The van der Waals surface area contributed by atoms with Crippen molar-refractivity contribution in [3.8, 4) is 5.69 Å². The lowest BCUT2D eigenvalue weighted by Crippen LogP contribution is -2.08. The zero-order chi connectivity index (χ0) is 22.2. The molecule has 1 aliphatic heterocycles. The third kappa shape index (κ3) is 3.54. The van der Waals surface area contributed by atoms with Crippen LogP contribution in [-0.4, -0.2) is 31.8 Å². The zero-order valence-corrected chi connectivity index (χ0v) is 17.3. The Kier molecular flexibility index (Phi) is 4.98. The van der Waals surface area contributed by atoms with E-state index in [0.29, 0.717) is 35.3 Å². The molecule has 0 spiro atoms. The SMILES string of the molecule is CNc1nc(Nc2ccc(-n3ncnc3C)c(F)c2)nc2c1COC2c1ccc(F)cc1. The highest BCUT2D eigenvalue weighted by atomic mass is 19.1. The Bertz CT molecular complexity index is 1290. The molecule has 5 rings (SSSR count). The Morgan fingerprint density at radius 2 is 1.91 bits per heavy atom. The van der Waals surface area contributed by atoms with Gasteiger partial charge in [-0.05, 0) is 42.8 Å². The summed E-state index contributed by atoms with van der Waals surface area (Å²) in [4.78, 5) is 13.1. The van der Waals surface area contributed by atoms with Gasteiger partial charge in [-0.15, -0.1) is 0 Å². The third-order valence-electron chi connectivity index (χ3n) is 5.24. The van der Waals surface area contributed by atoms with E-state index in [-0.39, 0.29) is 11.8 Å². The second-order valence-corrected chi connectivity index (χ2v) is 7.26. The highest BCUT2D eigenvalue weighted by Gasteiger charge is 2.30. The summed E-state index contributed by atoms with van der Waals surface area (Å²) in [6.07, 6.45) is 0.925. The molecule has 0 aliphatic carbocycles. The summed E-state index contributed by atoms with van der Waals surface area (Å²) < 4.78 is 35.4. The molecule has 10 heteroatoms. The first-order valence-electron chi connectivity index (χ1n) is 9.92. The summed E-state index contributed by atoms with van der Waals surface area (Å²) in [6.45, 7) is 2.07. The number of hydrogen-bond donors (Lipinski definition) is 2. The number of ether oxygens (including phenoxy) is 1. The van der Waals surface area contributed by atoms with E-state index >= 15 is 0 Å². The molecule has 1 atom stereocenters. The van der Waals surface area contributed by atoms with Gasteiger partial charge < -0.3 is 15.4 Å². The predicted octanol–water partition coefficient (Wildman–Crippen LogP) is 4.05. The van der Waals surface area contributed by atoms with Gasteiger partial charge in [0, 0.05) is 18.3 Å². The smallest absolute Gasteiger partial charge is 0.229 e. The Morgan fingerprint density at radius 1 is 1.09 bits per heavy atom. The molecule has 0 bridgehead atoms. The van der Waals surface area contributed by atoms with Crippen molar-refractivity contribution >= 4 is 17.5 Å². The number of nitrogens with one attached hydrogen (secondary N) is 2. The topological polar surface area (TPSA) is 89.8 Å². The number of halogens is 2. The average Bonchev–Trinajstić information content (AvgIpc) is 3.40. The van der Waals surface area contributed by atoms with Crippen molar-refractivity contribution in [1.82, 2.24) is 24.7 Å². The van der Waals surface area contributed by atoms with E-state index in [2.05, 4.69) is 30.7 Å². The number of hydrogen-bond acceptors (Lipinski definition) is 7. The van der Waals surface area contributed by atoms with E-state index in [0.717, 1.165) is 11.1 Å². The standard InChI is InChI=1S/C22H19F2N7O/c1-12-26-11-27-31(12)18-8-7-15(9-17(18)24)28-22-29-19-16(21(25-2)30-22)10-32-20(19)13-3-5-14(23)6-4-13/h3-9,11,20H,10H2,1-2H3,(H2,25,28,29,30). The van der Waals surface area contributed by atoms with E-state index in [1.165, 1.54) is 29.2 Å². The van der Waals surface area contributed by atoms with Gasteiger partial charge in [0.25, 0.3) is 0 Å². The fraction of sp³-hybridized carbons (Fsp3) is 0.182. The number of rotatable bonds is 5. The number of aryl methyl sites for hydroxylation is 1. The second kappa shape index (κ2) is 7.97. The van der Waals surface area contributed by atoms with Crippen LogP contribution in [0.15, 0.2) is 48.8 Å². The molecule has 0 saturated carbocycles. The normalized spacial score (nSPS) is 14.9. The monoisotopic (exact) mass is 435 g/mol. The molecular formula is C22H19F2N7O. The minimum Gasteiger partial charge on any atom is -0.373 e. The van der Waals surface area contributed by atoms with Gasteiger partial charge in [-0.2, -0.15) is 10.1 Å². The highest BCUT2D eigenvalue weighted by molar-refractivity contribution is 5.60. The lowest BCUT2D eigenvalue weighted by Gasteiger charge is -2.14. The quantitative estimate of drug-likeness (QED) is 0.489. The van der Waals surface area contributed by atoms with Crippen molar-refractivity contribution in [2.75, 3.05) is 17.7 Å². The maximum atomic E-state index is 14.7. The first-order valence-corrected chi connectivity index (χ1v) is 9.92. The summed E-state index contributed by atoms with van der Waals surface area (Å²) >= 11 is 0. The fourth-order valence-corrected chi connectivity index (χ4v) is 3.68. The average molecular weight is 435 g/mol. The van der Waals surface area contributed by atoms with Crippen molar-refractivity contribution in [1.29, 1.82) is 0 Å². The van der Waals surface area contributed by atoms with Crippen molar-refractivity contribution in [3.63, 3.8) is 0 Å². The minimum atomic E-state index is -0.467. The van der Waals surface area contributed by atoms with E-state index in [4.69, 9.17) is 4.74 Å². The summed E-state index contributed by atoms with van der Waals surface area (Å²) in [7, 11) is 1.76. The molecule has 4 aromatic rings. The van der Waals surface area contributed by atoms with Crippen molar-refractivity contribution in [3.05, 3.63) is 83.1 Å². The Hall–Kier alpha value is -3.92. The zero-order valence-electron chi connectivity index (χ0n) is 17.3. The van der Waals surface area contributed by atoms with E-state index in [1.807, 2.05) is 0 Å². The van der Waals surface area contributed by atoms with Crippen LogP contribution in [-0.2, 0) is 11.3 Å². The van der Waals surface area contributed by atoms with Crippen LogP contribution in [0.3, 0.4) is 0 Å². The summed E-state index contributed by atoms with van der Waals surface area (Å²) in [5, 5.41) is 10.2. The van der Waals surface area contributed by atoms with Gasteiger partial charge >= 0.3 is 0 Å². The first-order chi connectivity index (χ1) is 15.5. The second-order valence-electron chi connectivity index (χ2n) is 7.26. The molecule has 3 heterocycles. The maximum absolute atomic E-state index is 14.7. The van der Waals surface area contributed by atoms with E-state index in [9.17, 15) is 8.78 Å². The van der Waals surface area contributed by atoms with E-state index < -0.39 is 11.9 Å². The van der Waals surface area contributed by atoms with Gasteiger partial charge in [0.15, 0.2) is 5.82 Å². The van der Waals surface area contributed by atoms with Crippen LogP contribution in [0.5, 0.6) is 0 Å². The van der Waals surface area contributed by atoms with Gasteiger partial charge in [0.05, 0.1) is 12.3 Å². The molecule has 1 aliphatic rings. The number of aromatic nitrogens is 5. The molecule has 8 nitrogen and oxygen atoms in total.